The lowest BCUT2D eigenvalue weighted by Gasteiger charge is -2.16. The number of carbonyl (C=O) groups excluding carboxylic acids is 1. The zero-order chi connectivity index (χ0) is 15.7. The van der Waals surface area contributed by atoms with Gasteiger partial charge in [0.05, 0.1) is 5.69 Å². The highest BCUT2D eigenvalue weighted by atomic mass is 35.7. The molecule has 114 valence electrons. The molecule has 1 fully saturated rings. The number of halogens is 1. The number of pyridine rings is 1. The zero-order valence-electron chi connectivity index (χ0n) is 11.5. The van der Waals surface area contributed by atoms with E-state index in [1.807, 2.05) is 36.4 Å². The van der Waals surface area contributed by atoms with Crippen LogP contribution in [0.15, 0.2) is 48.5 Å². The summed E-state index contributed by atoms with van der Waals surface area (Å²) in [6, 6.07) is 14.9. The Morgan fingerprint density at radius 1 is 1.09 bits per heavy atom. The molecule has 1 amide bonds. The average molecular weight is 337 g/mol. The minimum absolute atomic E-state index is 0.0376. The van der Waals surface area contributed by atoms with Gasteiger partial charge < -0.3 is 0 Å². The van der Waals surface area contributed by atoms with E-state index in [0.29, 0.717) is 5.82 Å². The van der Waals surface area contributed by atoms with Gasteiger partial charge >= 0.3 is 0 Å². The van der Waals surface area contributed by atoms with E-state index in [1.165, 1.54) is 4.90 Å². The molecule has 0 radical (unpaired) electrons. The highest BCUT2D eigenvalue weighted by Gasteiger charge is 2.38. The second kappa shape index (κ2) is 5.70. The van der Waals surface area contributed by atoms with Gasteiger partial charge in [-0.25, -0.2) is 13.4 Å². The highest BCUT2D eigenvalue weighted by Crippen LogP contribution is 2.27. The summed E-state index contributed by atoms with van der Waals surface area (Å²) in [7, 11) is 1.60. The van der Waals surface area contributed by atoms with Crippen LogP contribution in [0.2, 0.25) is 0 Å². The Morgan fingerprint density at radius 3 is 2.45 bits per heavy atom. The van der Waals surface area contributed by atoms with Crippen LogP contribution in [0.1, 0.15) is 6.42 Å². The Hall–Kier alpha value is -1.92. The van der Waals surface area contributed by atoms with E-state index in [9.17, 15) is 13.2 Å². The molecule has 3 rings (SSSR count). The number of benzene rings is 1. The molecule has 1 aromatic heterocycles. The Bertz CT molecular complexity index is 809. The van der Waals surface area contributed by atoms with Gasteiger partial charge in [-0.15, -0.1) is 0 Å². The molecule has 0 N–H and O–H groups in total. The van der Waals surface area contributed by atoms with Gasteiger partial charge in [0.1, 0.15) is 11.1 Å². The van der Waals surface area contributed by atoms with Crippen molar-refractivity contribution in [3.05, 3.63) is 48.5 Å². The summed E-state index contributed by atoms with van der Waals surface area (Å²) in [4.78, 5) is 17.9. The van der Waals surface area contributed by atoms with Crippen LogP contribution in [0.4, 0.5) is 5.82 Å². The van der Waals surface area contributed by atoms with E-state index in [-0.39, 0.29) is 18.9 Å². The normalized spacial score (nSPS) is 18.7. The number of hydrogen-bond donors (Lipinski definition) is 0. The molecule has 0 aliphatic carbocycles. The fourth-order valence-electron chi connectivity index (χ4n) is 2.43. The first-order valence-corrected chi connectivity index (χ1v) is 9.09. The fourth-order valence-corrected chi connectivity index (χ4v) is 3.45. The number of anilines is 1. The first-order valence-electron chi connectivity index (χ1n) is 6.71. The summed E-state index contributed by atoms with van der Waals surface area (Å²) < 4.78 is 22.8. The average Bonchev–Trinajstić information content (AvgIpc) is 2.90. The van der Waals surface area contributed by atoms with Gasteiger partial charge in [-0.3, -0.25) is 9.69 Å². The van der Waals surface area contributed by atoms with Crippen LogP contribution in [-0.2, 0) is 13.8 Å². The van der Waals surface area contributed by atoms with Crippen LogP contribution in [0, 0.1) is 0 Å². The van der Waals surface area contributed by atoms with Crippen LogP contribution < -0.4 is 4.90 Å². The molecule has 1 unspecified atom stereocenters. The lowest BCUT2D eigenvalue weighted by atomic mass is 10.1. The van der Waals surface area contributed by atoms with Crippen molar-refractivity contribution in [1.82, 2.24) is 4.98 Å². The Morgan fingerprint density at radius 2 is 1.82 bits per heavy atom. The molecule has 0 saturated carbocycles. The van der Waals surface area contributed by atoms with E-state index in [0.717, 1.165) is 11.3 Å². The molecular formula is C15H13ClN2O3S. The molecule has 1 aliphatic rings. The molecule has 1 atom stereocenters. The summed E-state index contributed by atoms with van der Waals surface area (Å²) >= 11 is 0. The molecule has 5 nitrogen and oxygen atoms in total. The van der Waals surface area contributed by atoms with Crippen molar-refractivity contribution >= 4 is 31.5 Å². The third-order valence-electron chi connectivity index (χ3n) is 3.57. The topological polar surface area (TPSA) is 67.3 Å². The van der Waals surface area contributed by atoms with Crippen molar-refractivity contribution in [1.29, 1.82) is 0 Å². The van der Waals surface area contributed by atoms with Crippen LogP contribution in [-0.4, -0.2) is 31.1 Å². The fraction of sp³-hybridized carbons (Fsp3) is 0.200. The molecule has 1 aromatic carbocycles. The highest BCUT2D eigenvalue weighted by molar-refractivity contribution is 8.14. The minimum Gasteiger partial charge on any atom is -0.295 e. The van der Waals surface area contributed by atoms with Crippen LogP contribution in [0.5, 0.6) is 0 Å². The number of carbonyl (C=O) groups is 1. The molecule has 1 aliphatic heterocycles. The maximum atomic E-state index is 12.0. The van der Waals surface area contributed by atoms with E-state index >= 15 is 0 Å². The summed E-state index contributed by atoms with van der Waals surface area (Å²) in [6.07, 6.45) is -0.108. The maximum absolute atomic E-state index is 12.0. The quantitative estimate of drug-likeness (QED) is 0.807. The van der Waals surface area contributed by atoms with Gasteiger partial charge in [-0.2, -0.15) is 0 Å². The Balaban J connectivity index is 1.92. The predicted molar refractivity (Wildman–Crippen MR) is 85.2 cm³/mol. The summed E-state index contributed by atoms with van der Waals surface area (Å²) in [5.41, 5.74) is 1.65. The first-order chi connectivity index (χ1) is 10.4. The number of amides is 1. The van der Waals surface area contributed by atoms with E-state index in [4.69, 9.17) is 10.7 Å². The largest absolute Gasteiger partial charge is 0.295 e. The minimum atomic E-state index is -3.76. The van der Waals surface area contributed by atoms with Crippen LogP contribution >= 0.6 is 10.7 Å². The molecule has 2 heterocycles. The van der Waals surface area contributed by atoms with Crippen molar-refractivity contribution in [3.63, 3.8) is 0 Å². The van der Waals surface area contributed by atoms with Crippen LogP contribution in [0.25, 0.3) is 11.3 Å². The SMILES string of the molecule is O=C1CC(S(=O)(=O)Cl)CN1c1cccc(-c2ccccc2)n1. The Kier molecular flexibility index (Phi) is 3.88. The van der Waals surface area contributed by atoms with E-state index in [2.05, 4.69) is 4.98 Å². The smallest absolute Gasteiger partial charge is 0.237 e. The van der Waals surface area contributed by atoms with Gasteiger partial charge in [0.15, 0.2) is 0 Å². The standard InChI is InChI=1S/C15H13ClN2O3S/c16-22(20,21)12-9-15(19)18(10-12)14-8-4-7-13(17-14)11-5-2-1-3-6-11/h1-8,12H,9-10H2. The first kappa shape index (κ1) is 15.0. The van der Waals surface area contributed by atoms with Gasteiger partial charge in [0.2, 0.25) is 15.0 Å². The summed E-state index contributed by atoms with van der Waals surface area (Å²) in [6.45, 7) is 0.0376. The van der Waals surface area contributed by atoms with Crippen LogP contribution in [0.3, 0.4) is 0 Å². The van der Waals surface area contributed by atoms with E-state index < -0.39 is 14.3 Å². The lowest BCUT2D eigenvalue weighted by molar-refractivity contribution is -0.117. The lowest BCUT2D eigenvalue weighted by Crippen LogP contribution is -2.27. The van der Waals surface area contributed by atoms with Crippen molar-refractivity contribution in [2.24, 2.45) is 0 Å². The second-order valence-electron chi connectivity index (χ2n) is 5.05. The third-order valence-corrected chi connectivity index (χ3v) is 5.44. The molecular weight excluding hydrogens is 324 g/mol. The van der Waals surface area contributed by atoms with Crippen molar-refractivity contribution in [3.8, 4) is 11.3 Å². The van der Waals surface area contributed by atoms with Gasteiger partial charge in [-0.1, -0.05) is 36.4 Å². The summed E-state index contributed by atoms with van der Waals surface area (Å²) in [5.74, 6) is 0.154. The molecule has 0 bridgehead atoms. The molecule has 0 spiro atoms. The molecule has 1 saturated heterocycles. The summed E-state index contributed by atoms with van der Waals surface area (Å²) in [5, 5.41) is -0.885. The van der Waals surface area contributed by atoms with Crippen molar-refractivity contribution in [2.45, 2.75) is 11.7 Å². The third kappa shape index (κ3) is 2.98. The maximum Gasteiger partial charge on any atom is 0.237 e. The molecule has 2 aromatic rings. The monoisotopic (exact) mass is 336 g/mol. The molecule has 7 heteroatoms. The van der Waals surface area contributed by atoms with Gasteiger partial charge in [-0.05, 0) is 12.1 Å². The zero-order valence-corrected chi connectivity index (χ0v) is 13.1. The Labute approximate surface area is 133 Å². The van der Waals surface area contributed by atoms with Crippen molar-refractivity contribution in [2.75, 3.05) is 11.4 Å². The number of rotatable bonds is 3. The van der Waals surface area contributed by atoms with E-state index in [1.54, 1.807) is 12.1 Å². The predicted octanol–water partition coefficient (Wildman–Crippen LogP) is 2.42. The molecule has 22 heavy (non-hydrogen) atoms. The number of nitrogens with zero attached hydrogens (tertiary/aromatic N) is 2. The second-order valence-corrected chi connectivity index (χ2v) is 7.96. The number of hydrogen-bond acceptors (Lipinski definition) is 4. The van der Waals surface area contributed by atoms with Gasteiger partial charge in [0.25, 0.3) is 0 Å². The van der Waals surface area contributed by atoms with Gasteiger partial charge in [0, 0.05) is 29.2 Å². The van der Waals surface area contributed by atoms with Crippen molar-refractivity contribution < 1.29 is 13.2 Å². The number of aromatic nitrogens is 1.